The summed E-state index contributed by atoms with van der Waals surface area (Å²) in [5, 5.41) is 4.90. The summed E-state index contributed by atoms with van der Waals surface area (Å²) in [6.45, 7) is 2.71. The molecule has 34 heavy (non-hydrogen) atoms. The molecule has 0 aliphatic carbocycles. The Balaban J connectivity index is 1.39. The number of anilines is 1. The number of ether oxygens (including phenoxy) is 1. The first-order valence-corrected chi connectivity index (χ1v) is 13.4. The number of nitrogens with one attached hydrogen (secondary N) is 1. The van der Waals surface area contributed by atoms with Crippen molar-refractivity contribution in [2.45, 2.75) is 43.6 Å². The highest BCUT2D eigenvalue weighted by atomic mass is 32.2. The highest BCUT2D eigenvalue weighted by Crippen LogP contribution is 2.27. The van der Waals surface area contributed by atoms with Gasteiger partial charge in [-0.25, -0.2) is 17.8 Å². The molecule has 10 heteroatoms. The van der Waals surface area contributed by atoms with Crippen LogP contribution >= 0.6 is 11.3 Å². The largest absolute Gasteiger partial charge is 0.481 e. The number of hydrogen-bond donors (Lipinski definition) is 1. The van der Waals surface area contributed by atoms with E-state index in [1.54, 1.807) is 40.9 Å². The summed E-state index contributed by atoms with van der Waals surface area (Å²) in [5.41, 5.74) is 1.38. The number of rotatable bonds is 7. The van der Waals surface area contributed by atoms with Gasteiger partial charge in [0.1, 0.15) is 11.6 Å². The fourth-order valence-corrected chi connectivity index (χ4v) is 5.91. The standard InChI is InChI=1S/C24H26FN3O4S2/c1-17(32-20-10-8-19(25)9-11-20)23(29)27-24-26-22(16-33-24)18-6-12-21(13-7-18)34(30,31)28-14-4-2-3-5-15-28/h6-13,16-17H,2-5,14-15H2,1H3,(H,26,27,29). The summed E-state index contributed by atoms with van der Waals surface area (Å²) >= 11 is 1.26. The second kappa shape index (κ2) is 10.6. The van der Waals surface area contributed by atoms with Gasteiger partial charge in [0.25, 0.3) is 5.91 Å². The average molecular weight is 504 g/mol. The van der Waals surface area contributed by atoms with Crippen molar-refractivity contribution in [2.24, 2.45) is 0 Å². The molecule has 0 bridgehead atoms. The number of thiazole rings is 1. The second-order valence-electron chi connectivity index (χ2n) is 8.08. The zero-order valence-corrected chi connectivity index (χ0v) is 20.4. The van der Waals surface area contributed by atoms with Crippen molar-refractivity contribution in [2.75, 3.05) is 18.4 Å². The van der Waals surface area contributed by atoms with Crippen LogP contribution in [0.2, 0.25) is 0 Å². The van der Waals surface area contributed by atoms with Gasteiger partial charge in [-0.15, -0.1) is 11.3 Å². The van der Waals surface area contributed by atoms with Crippen LogP contribution in [-0.2, 0) is 14.8 Å². The fraction of sp³-hybridized carbons (Fsp3) is 0.333. The van der Waals surface area contributed by atoms with E-state index in [0.29, 0.717) is 29.7 Å². The van der Waals surface area contributed by atoms with E-state index < -0.39 is 16.1 Å². The third kappa shape index (κ3) is 5.81. The molecule has 1 fully saturated rings. The number of benzene rings is 2. The summed E-state index contributed by atoms with van der Waals surface area (Å²) in [6.07, 6.45) is 3.09. The topological polar surface area (TPSA) is 88.6 Å². The van der Waals surface area contributed by atoms with Crippen molar-refractivity contribution in [1.82, 2.24) is 9.29 Å². The normalized spacial score (nSPS) is 15.9. The van der Waals surface area contributed by atoms with Gasteiger partial charge in [-0.05, 0) is 56.2 Å². The summed E-state index contributed by atoms with van der Waals surface area (Å²) < 4.78 is 46.0. The Bertz CT molecular complexity index is 1220. The second-order valence-corrected chi connectivity index (χ2v) is 10.9. The Morgan fingerprint density at radius 2 is 1.71 bits per heavy atom. The van der Waals surface area contributed by atoms with Crippen molar-refractivity contribution in [1.29, 1.82) is 0 Å². The number of carbonyl (C=O) groups excluding carboxylic acids is 1. The van der Waals surface area contributed by atoms with Crippen LogP contribution in [0, 0.1) is 5.82 Å². The van der Waals surface area contributed by atoms with Gasteiger partial charge in [0, 0.05) is 24.0 Å². The maximum Gasteiger partial charge on any atom is 0.266 e. The zero-order chi connectivity index (χ0) is 24.1. The molecule has 1 saturated heterocycles. The van der Waals surface area contributed by atoms with Gasteiger partial charge in [-0.1, -0.05) is 25.0 Å². The number of nitrogens with zero attached hydrogens (tertiary/aromatic N) is 2. The van der Waals surface area contributed by atoms with Crippen molar-refractivity contribution in [3.05, 3.63) is 59.7 Å². The number of amides is 1. The van der Waals surface area contributed by atoms with Gasteiger partial charge in [0.15, 0.2) is 11.2 Å². The number of sulfonamides is 1. The smallest absolute Gasteiger partial charge is 0.266 e. The molecule has 7 nitrogen and oxygen atoms in total. The Kier molecular flexibility index (Phi) is 7.60. The SMILES string of the molecule is CC(Oc1ccc(F)cc1)C(=O)Nc1nc(-c2ccc(S(=O)(=O)N3CCCCCC3)cc2)cs1. The van der Waals surface area contributed by atoms with E-state index in [1.165, 1.54) is 35.6 Å². The minimum atomic E-state index is -3.51. The monoisotopic (exact) mass is 503 g/mol. The van der Waals surface area contributed by atoms with E-state index in [-0.39, 0.29) is 16.6 Å². The van der Waals surface area contributed by atoms with E-state index in [0.717, 1.165) is 31.2 Å². The van der Waals surface area contributed by atoms with E-state index in [4.69, 9.17) is 4.74 Å². The lowest BCUT2D eigenvalue weighted by atomic mass is 10.2. The molecule has 2 heterocycles. The lowest BCUT2D eigenvalue weighted by Crippen LogP contribution is -2.31. The van der Waals surface area contributed by atoms with Crippen LogP contribution in [0.1, 0.15) is 32.6 Å². The Labute approximate surface area is 202 Å². The molecule has 1 atom stereocenters. The molecule has 0 radical (unpaired) electrons. The molecule has 0 spiro atoms. The molecule has 0 saturated carbocycles. The first-order chi connectivity index (χ1) is 16.3. The number of hydrogen-bond acceptors (Lipinski definition) is 6. The number of aromatic nitrogens is 1. The predicted molar refractivity (Wildman–Crippen MR) is 130 cm³/mol. The highest BCUT2D eigenvalue weighted by molar-refractivity contribution is 7.89. The molecule has 1 aromatic heterocycles. The minimum Gasteiger partial charge on any atom is -0.481 e. The Hall–Kier alpha value is -2.82. The van der Waals surface area contributed by atoms with Crippen LogP contribution in [0.4, 0.5) is 9.52 Å². The van der Waals surface area contributed by atoms with Crippen molar-refractivity contribution >= 4 is 32.4 Å². The average Bonchev–Trinajstić information content (AvgIpc) is 3.11. The van der Waals surface area contributed by atoms with Crippen LogP contribution in [0.25, 0.3) is 11.3 Å². The first kappa shape index (κ1) is 24.3. The molecular formula is C24H26FN3O4S2. The van der Waals surface area contributed by atoms with E-state index in [9.17, 15) is 17.6 Å². The summed E-state index contributed by atoms with van der Waals surface area (Å²) in [5.74, 6) is -0.379. The number of halogens is 1. The summed E-state index contributed by atoms with van der Waals surface area (Å²) in [7, 11) is -3.51. The van der Waals surface area contributed by atoms with E-state index in [2.05, 4.69) is 10.3 Å². The Morgan fingerprint density at radius 3 is 2.35 bits per heavy atom. The van der Waals surface area contributed by atoms with Crippen LogP contribution in [0.3, 0.4) is 0 Å². The van der Waals surface area contributed by atoms with Gasteiger partial charge < -0.3 is 4.74 Å². The molecule has 1 aliphatic heterocycles. The van der Waals surface area contributed by atoms with Crippen molar-refractivity contribution < 1.29 is 22.3 Å². The van der Waals surface area contributed by atoms with Crippen molar-refractivity contribution in [3.8, 4) is 17.0 Å². The minimum absolute atomic E-state index is 0.272. The first-order valence-electron chi connectivity index (χ1n) is 11.1. The number of carbonyl (C=O) groups is 1. The molecule has 2 aromatic carbocycles. The Morgan fingerprint density at radius 1 is 1.06 bits per heavy atom. The van der Waals surface area contributed by atoms with Gasteiger partial charge in [0.2, 0.25) is 10.0 Å². The third-order valence-corrected chi connectivity index (χ3v) is 8.25. The van der Waals surface area contributed by atoms with Gasteiger partial charge in [0.05, 0.1) is 10.6 Å². The summed E-state index contributed by atoms with van der Waals surface area (Å²) in [4.78, 5) is 17.2. The van der Waals surface area contributed by atoms with Crippen LogP contribution < -0.4 is 10.1 Å². The summed E-state index contributed by atoms with van der Waals surface area (Å²) in [6, 6.07) is 12.1. The van der Waals surface area contributed by atoms with Crippen LogP contribution in [0.5, 0.6) is 5.75 Å². The van der Waals surface area contributed by atoms with Gasteiger partial charge in [-0.3, -0.25) is 10.1 Å². The zero-order valence-electron chi connectivity index (χ0n) is 18.7. The predicted octanol–water partition coefficient (Wildman–Crippen LogP) is 4.92. The van der Waals surface area contributed by atoms with Crippen LogP contribution in [-0.4, -0.2) is 42.8 Å². The van der Waals surface area contributed by atoms with Crippen molar-refractivity contribution in [3.63, 3.8) is 0 Å². The molecule has 1 aliphatic rings. The lowest BCUT2D eigenvalue weighted by molar-refractivity contribution is -0.122. The molecule has 180 valence electrons. The molecule has 1 N–H and O–H groups in total. The fourth-order valence-electron chi connectivity index (χ4n) is 3.67. The van der Waals surface area contributed by atoms with Crippen LogP contribution in [0.15, 0.2) is 58.8 Å². The van der Waals surface area contributed by atoms with E-state index >= 15 is 0 Å². The molecular weight excluding hydrogens is 477 g/mol. The molecule has 4 rings (SSSR count). The molecule has 3 aromatic rings. The molecule has 1 amide bonds. The van der Waals surface area contributed by atoms with E-state index in [1.807, 2.05) is 0 Å². The van der Waals surface area contributed by atoms with Gasteiger partial charge in [-0.2, -0.15) is 4.31 Å². The quantitative estimate of drug-likeness (QED) is 0.494. The van der Waals surface area contributed by atoms with Gasteiger partial charge >= 0.3 is 0 Å². The molecule has 1 unspecified atom stereocenters. The third-order valence-electron chi connectivity index (χ3n) is 5.58. The maximum absolute atomic E-state index is 13.0. The maximum atomic E-state index is 13.0. The lowest BCUT2D eigenvalue weighted by Gasteiger charge is -2.19. The highest BCUT2D eigenvalue weighted by Gasteiger charge is 2.25.